The average molecular weight is 492 g/mol. The van der Waals surface area contributed by atoms with Crippen LogP contribution in [0.1, 0.15) is 42.0 Å². The van der Waals surface area contributed by atoms with Crippen LogP contribution in [0.5, 0.6) is 0 Å². The molecule has 0 amide bonds. The Balaban J connectivity index is 1.11. The highest BCUT2D eigenvalue weighted by Gasteiger charge is 2.43. The lowest BCUT2D eigenvalue weighted by Crippen LogP contribution is -2.24. The predicted octanol–water partition coefficient (Wildman–Crippen LogP) is 5.41. The SMILES string of the molecule is Cc1ncoc1-c1nnc(SCCCN2CC3CC[C@@H](c4ccc(C(F)(F)F)cc4)C3C2)n1C. The molecule has 2 aliphatic rings. The van der Waals surface area contributed by atoms with Crippen molar-refractivity contribution in [2.24, 2.45) is 18.9 Å². The van der Waals surface area contributed by atoms with Crippen LogP contribution in [-0.2, 0) is 13.2 Å². The fourth-order valence-corrected chi connectivity index (χ4v) is 6.31. The summed E-state index contributed by atoms with van der Waals surface area (Å²) in [5.74, 6) is 3.81. The summed E-state index contributed by atoms with van der Waals surface area (Å²) in [5.41, 5.74) is 1.28. The van der Waals surface area contributed by atoms with E-state index >= 15 is 0 Å². The summed E-state index contributed by atoms with van der Waals surface area (Å²) in [6.45, 7) is 5.02. The number of nitrogens with zero attached hydrogens (tertiary/aromatic N) is 5. The Morgan fingerprint density at radius 2 is 1.91 bits per heavy atom. The van der Waals surface area contributed by atoms with Crippen LogP contribution < -0.4 is 0 Å². The molecule has 10 heteroatoms. The number of aromatic nitrogens is 4. The van der Waals surface area contributed by atoms with Gasteiger partial charge in [-0.1, -0.05) is 23.9 Å². The maximum Gasteiger partial charge on any atom is 0.416 e. The zero-order chi connectivity index (χ0) is 23.9. The van der Waals surface area contributed by atoms with Gasteiger partial charge < -0.3 is 13.9 Å². The van der Waals surface area contributed by atoms with Crippen LogP contribution in [0, 0.1) is 18.8 Å². The lowest BCUT2D eigenvalue weighted by Gasteiger charge is -2.21. The summed E-state index contributed by atoms with van der Waals surface area (Å²) < 4.78 is 46.1. The van der Waals surface area contributed by atoms with Crippen molar-refractivity contribution in [2.45, 2.75) is 43.4 Å². The summed E-state index contributed by atoms with van der Waals surface area (Å²) in [5, 5.41) is 9.41. The first-order valence-electron chi connectivity index (χ1n) is 11.6. The summed E-state index contributed by atoms with van der Waals surface area (Å²) in [6, 6.07) is 5.83. The molecule has 6 nitrogen and oxygen atoms in total. The Labute approximate surface area is 200 Å². The van der Waals surface area contributed by atoms with Gasteiger partial charge >= 0.3 is 6.18 Å². The standard InChI is InChI=1S/C24H28F3N5OS/c1-15-21(33-14-28-15)22-29-30-23(31(22)2)34-11-3-10-32-12-17-6-9-19(20(17)13-32)16-4-7-18(8-5-16)24(25,26)27/h4-5,7-8,14,17,19-20H,3,6,9-13H2,1-2H3/t17?,19-,20?/m0/s1. The molecule has 34 heavy (non-hydrogen) atoms. The number of alkyl halides is 3. The zero-order valence-corrected chi connectivity index (χ0v) is 20.1. The van der Waals surface area contributed by atoms with Crippen molar-refractivity contribution in [3.05, 3.63) is 47.5 Å². The molecule has 3 heterocycles. The molecule has 3 atom stereocenters. The van der Waals surface area contributed by atoms with Crippen molar-refractivity contribution in [1.82, 2.24) is 24.6 Å². The van der Waals surface area contributed by atoms with Crippen LogP contribution in [0.25, 0.3) is 11.6 Å². The molecule has 182 valence electrons. The number of benzene rings is 1. The van der Waals surface area contributed by atoms with Crippen molar-refractivity contribution in [2.75, 3.05) is 25.4 Å². The molecule has 2 unspecified atom stereocenters. The molecule has 1 saturated carbocycles. The minimum atomic E-state index is -4.28. The van der Waals surface area contributed by atoms with E-state index in [1.807, 2.05) is 18.5 Å². The first-order valence-corrected chi connectivity index (χ1v) is 12.6. The number of halogens is 3. The van der Waals surface area contributed by atoms with Crippen LogP contribution in [-0.4, -0.2) is 50.0 Å². The molecule has 0 spiro atoms. The molecular formula is C24H28F3N5OS. The minimum Gasteiger partial charge on any atom is -0.440 e. The molecule has 0 N–H and O–H groups in total. The largest absolute Gasteiger partial charge is 0.440 e. The van der Waals surface area contributed by atoms with Crippen LogP contribution in [0.2, 0.25) is 0 Å². The van der Waals surface area contributed by atoms with Crippen LogP contribution in [0.15, 0.2) is 40.2 Å². The van der Waals surface area contributed by atoms with Gasteiger partial charge in [0.25, 0.3) is 0 Å². The Kier molecular flexibility index (Phi) is 6.45. The minimum absolute atomic E-state index is 0.364. The molecule has 0 radical (unpaired) electrons. The Morgan fingerprint density at radius 1 is 1.12 bits per heavy atom. The van der Waals surface area contributed by atoms with Gasteiger partial charge in [-0.3, -0.25) is 0 Å². The van der Waals surface area contributed by atoms with Crippen molar-refractivity contribution < 1.29 is 17.6 Å². The third kappa shape index (κ3) is 4.62. The summed E-state index contributed by atoms with van der Waals surface area (Å²) in [6.07, 6.45) is 0.409. The monoisotopic (exact) mass is 491 g/mol. The molecule has 1 aromatic carbocycles. The maximum absolute atomic E-state index is 12.9. The molecule has 2 fully saturated rings. The van der Waals surface area contributed by atoms with E-state index in [1.54, 1.807) is 23.9 Å². The van der Waals surface area contributed by atoms with Gasteiger partial charge in [-0.15, -0.1) is 10.2 Å². The highest BCUT2D eigenvalue weighted by molar-refractivity contribution is 7.99. The first-order chi connectivity index (χ1) is 16.3. The van der Waals surface area contributed by atoms with Crippen LogP contribution in [0.3, 0.4) is 0 Å². The van der Waals surface area contributed by atoms with Crippen LogP contribution >= 0.6 is 11.8 Å². The average Bonchev–Trinajstić information content (AvgIpc) is 3.56. The van der Waals surface area contributed by atoms with Crippen LogP contribution in [0.4, 0.5) is 13.2 Å². The number of hydrogen-bond donors (Lipinski definition) is 0. The van der Waals surface area contributed by atoms with Gasteiger partial charge in [0.05, 0.1) is 11.3 Å². The fraction of sp³-hybridized carbons (Fsp3) is 0.542. The van der Waals surface area contributed by atoms with Crippen molar-refractivity contribution >= 4 is 11.8 Å². The van der Waals surface area contributed by atoms with Gasteiger partial charge in [-0.25, -0.2) is 4.98 Å². The third-order valence-corrected chi connectivity index (χ3v) is 8.34. The predicted molar refractivity (Wildman–Crippen MR) is 123 cm³/mol. The fourth-order valence-electron chi connectivity index (χ4n) is 5.48. The van der Waals surface area contributed by atoms with Crippen molar-refractivity contribution in [3.63, 3.8) is 0 Å². The first kappa shape index (κ1) is 23.4. The van der Waals surface area contributed by atoms with Crippen molar-refractivity contribution in [1.29, 1.82) is 0 Å². The Morgan fingerprint density at radius 3 is 2.62 bits per heavy atom. The van der Waals surface area contributed by atoms with E-state index in [0.717, 1.165) is 61.1 Å². The molecular weight excluding hydrogens is 463 g/mol. The van der Waals surface area contributed by atoms with E-state index in [4.69, 9.17) is 4.42 Å². The van der Waals surface area contributed by atoms with Gasteiger partial charge in [-0.05, 0) is 68.2 Å². The zero-order valence-electron chi connectivity index (χ0n) is 19.3. The molecule has 1 saturated heterocycles. The number of hydrogen-bond acceptors (Lipinski definition) is 6. The molecule has 0 bridgehead atoms. The highest BCUT2D eigenvalue weighted by atomic mass is 32.2. The number of aryl methyl sites for hydroxylation is 1. The second-order valence-corrected chi connectivity index (χ2v) is 10.4. The molecule has 5 rings (SSSR count). The van der Waals surface area contributed by atoms with E-state index in [-0.39, 0.29) is 0 Å². The Bertz CT molecular complexity index is 1130. The number of likely N-dealkylation sites (tertiary alicyclic amines) is 1. The maximum atomic E-state index is 12.9. The molecule has 3 aromatic rings. The lowest BCUT2D eigenvalue weighted by molar-refractivity contribution is -0.137. The van der Waals surface area contributed by atoms with E-state index in [2.05, 4.69) is 20.1 Å². The Hall–Kier alpha value is -2.33. The van der Waals surface area contributed by atoms with E-state index < -0.39 is 11.7 Å². The normalized spacial score (nSPS) is 23.0. The van der Waals surface area contributed by atoms with Gasteiger partial charge in [0.15, 0.2) is 17.3 Å². The molecule has 2 aromatic heterocycles. The highest BCUT2D eigenvalue weighted by Crippen LogP contribution is 2.47. The van der Waals surface area contributed by atoms with E-state index in [9.17, 15) is 13.2 Å². The second-order valence-electron chi connectivity index (χ2n) is 9.32. The van der Waals surface area contributed by atoms with Gasteiger partial charge in [0.1, 0.15) is 0 Å². The smallest absolute Gasteiger partial charge is 0.416 e. The van der Waals surface area contributed by atoms with Crippen molar-refractivity contribution in [3.8, 4) is 11.6 Å². The quantitative estimate of drug-likeness (QED) is 0.326. The topological polar surface area (TPSA) is 60.0 Å². The van der Waals surface area contributed by atoms with E-state index in [0.29, 0.717) is 29.3 Å². The number of rotatable bonds is 7. The third-order valence-electron chi connectivity index (χ3n) is 7.23. The lowest BCUT2D eigenvalue weighted by atomic mass is 9.86. The van der Waals surface area contributed by atoms with Gasteiger partial charge in [0.2, 0.25) is 5.82 Å². The van der Waals surface area contributed by atoms with E-state index in [1.165, 1.54) is 18.5 Å². The molecule has 1 aliphatic carbocycles. The second kappa shape index (κ2) is 9.37. The number of thioether (sulfide) groups is 1. The summed E-state index contributed by atoms with van der Waals surface area (Å²) >= 11 is 1.69. The number of oxazole rings is 1. The summed E-state index contributed by atoms with van der Waals surface area (Å²) in [7, 11) is 1.93. The number of fused-ring (bicyclic) bond motifs is 1. The summed E-state index contributed by atoms with van der Waals surface area (Å²) in [4.78, 5) is 6.64. The van der Waals surface area contributed by atoms with Gasteiger partial charge in [0, 0.05) is 25.9 Å². The molecule has 1 aliphatic heterocycles. The van der Waals surface area contributed by atoms with Gasteiger partial charge in [-0.2, -0.15) is 13.2 Å².